The lowest BCUT2D eigenvalue weighted by Gasteiger charge is -1.92. The Labute approximate surface area is 72.7 Å². The minimum Gasteiger partial charge on any atom is -0.251 e. The highest BCUT2D eigenvalue weighted by atomic mass is 32.1. The van der Waals surface area contributed by atoms with Crippen LogP contribution in [0.25, 0.3) is 10.7 Å². The molecular formula is C8H5FN2S. The van der Waals surface area contributed by atoms with Gasteiger partial charge in [0.2, 0.25) is 0 Å². The molecule has 60 valence electrons. The molecule has 0 aliphatic carbocycles. The first kappa shape index (κ1) is 7.36. The number of nitrogens with zero attached hydrogens (tertiary/aromatic N) is 2. The molecule has 0 aromatic carbocycles. The first-order valence-corrected chi connectivity index (χ1v) is 4.25. The fraction of sp³-hybridized carbons (Fsp3) is 0. The van der Waals surface area contributed by atoms with Crippen molar-refractivity contribution in [3.05, 3.63) is 35.7 Å². The molecule has 0 unspecified atom stereocenters. The van der Waals surface area contributed by atoms with Crippen molar-refractivity contribution in [2.24, 2.45) is 0 Å². The third kappa shape index (κ3) is 1.33. The second kappa shape index (κ2) is 2.98. The number of halogens is 1. The van der Waals surface area contributed by atoms with Gasteiger partial charge in [0.15, 0.2) is 0 Å². The minimum atomic E-state index is -0.324. The molecule has 0 spiro atoms. The molecule has 0 saturated heterocycles. The van der Waals surface area contributed by atoms with E-state index in [2.05, 4.69) is 9.97 Å². The van der Waals surface area contributed by atoms with E-state index in [-0.39, 0.29) is 5.82 Å². The van der Waals surface area contributed by atoms with Gasteiger partial charge in [-0.1, -0.05) is 0 Å². The highest BCUT2D eigenvalue weighted by Gasteiger charge is 2.00. The fourth-order valence-corrected chi connectivity index (χ4v) is 1.47. The molecule has 2 aromatic heterocycles. The monoisotopic (exact) mass is 180 g/mol. The van der Waals surface area contributed by atoms with E-state index in [0.29, 0.717) is 5.69 Å². The number of aromatic nitrogens is 2. The molecule has 4 heteroatoms. The Balaban J connectivity index is 2.43. The summed E-state index contributed by atoms with van der Waals surface area (Å²) in [7, 11) is 0. The number of rotatable bonds is 1. The summed E-state index contributed by atoms with van der Waals surface area (Å²) in [6.07, 6.45) is 2.89. The van der Waals surface area contributed by atoms with E-state index >= 15 is 0 Å². The van der Waals surface area contributed by atoms with E-state index in [0.717, 1.165) is 5.01 Å². The Kier molecular flexibility index (Phi) is 1.83. The van der Waals surface area contributed by atoms with Crippen LogP contribution in [0.15, 0.2) is 29.9 Å². The first-order valence-electron chi connectivity index (χ1n) is 3.38. The van der Waals surface area contributed by atoms with Crippen LogP contribution in [0.1, 0.15) is 0 Å². The lowest BCUT2D eigenvalue weighted by atomic mass is 10.3. The molecule has 0 atom stereocenters. The highest BCUT2D eigenvalue weighted by molar-refractivity contribution is 7.13. The van der Waals surface area contributed by atoms with Crippen LogP contribution in [0.5, 0.6) is 0 Å². The van der Waals surface area contributed by atoms with E-state index in [1.54, 1.807) is 12.3 Å². The fourth-order valence-electron chi connectivity index (χ4n) is 0.852. The number of hydrogen-bond donors (Lipinski definition) is 0. The van der Waals surface area contributed by atoms with Crippen LogP contribution < -0.4 is 0 Å². The van der Waals surface area contributed by atoms with Gasteiger partial charge in [-0.05, 0) is 12.1 Å². The van der Waals surface area contributed by atoms with Gasteiger partial charge in [-0.25, -0.2) is 9.37 Å². The quantitative estimate of drug-likeness (QED) is 0.673. The van der Waals surface area contributed by atoms with Gasteiger partial charge < -0.3 is 0 Å². The van der Waals surface area contributed by atoms with Gasteiger partial charge in [0.1, 0.15) is 10.8 Å². The predicted octanol–water partition coefficient (Wildman–Crippen LogP) is 2.34. The van der Waals surface area contributed by atoms with Gasteiger partial charge in [0.05, 0.1) is 11.9 Å². The third-order valence-electron chi connectivity index (χ3n) is 1.38. The molecule has 2 heterocycles. The third-order valence-corrected chi connectivity index (χ3v) is 2.17. The lowest BCUT2D eigenvalue weighted by molar-refractivity contribution is 0.622. The maximum Gasteiger partial charge on any atom is 0.141 e. The van der Waals surface area contributed by atoms with Gasteiger partial charge in [0.25, 0.3) is 0 Å². The van der Waals surface area contributed by atoms with Crippen LogP contribution in [0.4, 0.5) is 4.39 Å². The van der Waals surface area contributed by atoms with E-state index in [9.17, 15) is 4.39 Å². The van der Waals surface area contributed by atoms with Gasteiger partial charge in [-0.15, -0.1) is 11.3 Å². The molecule has 2 rings (SSSR count). The Morgan fingerprint density at radius 1 is 1.25 bits per heavy atom. The average Bonchev–Trinajstić information content (AvgIpc) is 2.58. The van der Waals surface area contributed by atoms with E-state index in [1.165, 1.54) is 23.6 Å². The number of hydrogen-bond acceptors (Lipinski definition) is 3. The predicted molar refractivity (Wildman–Crippen MR) is 45.3 cm³/mol. The van der Waals surface area contributed by atoms with E-state index < -0.39 is 0 Å². The molecule has 0 fully saturated rings. The normalized spacial score (nSPS) is 10.1. The van der Waals surface area contributed by atoms with Crippen molar-refractivity contribution in [2.45, 2.75) is 0 Å². The summed E-state index contributed by atoms with van der Waals surface area (Å²) < 4.78 is 12.4. The Morgan fingerprint density at radius 3 is 2.75 bits per heavy atom. The maximum absolute atomic E-state index is 12.4. The standard InChI is InChI=1S/C8H5FN2S/c9-6-1-2-7(11-5-6)8-10-3-4-12-8/h1-5H. The van der Waals surface area contributed by atoms with Crippen molar-refractivity contribution in [2.75, 3.05) is 0 Å². The molecule has 0 radical (unpaired) electrons. The summed E-state index contributed by atoms with van der Waals surface area (Å²) in [5, 5.41) is 2.68. The van der Waals surface area contributed by atoms with Crippen LogP contribution >= 0.6 is 11.3 Å². The molecule has 0 N–H and O–H groups in total. The van der Waals surface area contributed by atoms with Crippen molar-refractivity contribution in [1.82, 2.24) is 9.97 Å². The largest absolute Gasteiger partial charge is 0.251 e. The van der Waals surface area contributed by atoms with Crippen LogP contribution in [-0.2, 0) is 0 Å². The zero-order chi connectivity index (χ0) is 8.39. The molecular weight excluding hydrogens is 175 g/mol. The summed E-state index contributed by atoms with van der Waals surface area (Å²) in [5.74, 6) is -0.324. The number of thiazole rings is 1. The molecule has 12 heavy (non-hydrogen) atoms. The second-order valence-corrected chi connectivity index (χ2v) is 3.09. The van der Waals surface area contributed by atoms with Gasteiger partial charge >= 0.3 is 0 Å². The van der Waals surface area contributed by atoms with Gasteiger partial charge in [0, 0.05) is 11.6 Å². The van der Waals surface area contributed by atoms with Crippen molar-refractivity contribution in [1.29, 1.82) is 0 Å². The van der Waals surface area contributed by atoms with Gasteiger partial charge in [-0.3, -0.25) is 4.98 Å². The zero-order valence-electron chi connectivity index (χ0n) is 6.07. The summed E-state index contributed by atoms with van der Waals surface area (Å²) in [5.41, 5.74) is 0.714. The van der Waals surface area contributed by atoms with E-state index in [4.69, 9.17) is 0 Å². The Hall–Kier alpha value is -1.29. The Bertz CT molecular complexity index is 355. The Morgan fingerprint density at radius 2 is 2.17 bits per heavy atom. The average molecular weight is 180 g/mol. The smallest absolute Gasteiger partial charge is 0.141 e. The molecule has 0 amide bonds. The molecule has 2 nitrogen and oxygen atoms in total. The topological polar surface area (TPSA) is 25.8 Å². The van der Waals surface area contributed by atoms with Crippen molar-refractivity contribution in [3.63, 3.8) is 0 Å². The molecule has 0 aliphatic heterocycles. The van der Waals surface area contributed by atoms with Crippen molar-refractivity contribution < 1.29 is 4.39 Å². The van der Waals surface area contributed by atoms with Crippen LogP contribution in [0.3, 0.4) is 0 Å². The summed E-state index contributed by atoms with van der Waals surface area (Å²) >= 11 is 1.49. The SMILES string of the molecule is Fc1ccc(-c2nccs2)nc1. The highest BCUT2D eigenvalue weighted by Crippen LogP contribution is 2.18. The van der Waals surface area contributed by atoms with Crippen LogP contribution in [-0.4, -0.2) is 9.97 Å². The van der Waals surface area contributed by atoms with Crippen LogP contribution in [0, 0.1) is 5.82 Å². The molecule has 0 saturated carbocycles. The van der Waals surface area contributed by atoms with Crippen molar-refractivity contribution in [3.8, 4) is 10.7 Å². The zero-order valence-corrected chi connectivity index (χ0v) is 6.88. The minimum absolute atomic E-state index is 0.324. The maximum atomic E-state index is 12.4. The second-order valence-electron chi connectivity index (χ2n) is 2.20. The lowest BCUT2D eigenvalue weighted by Crippen LogP contribution is -1.82. The van der Waals surface area contributed by atoms with Crippen LogP contribution in [0.2, 0.25) is 0 Å². The van der Waals surface area contributed by atoms with Gasteiger partial charge in [-0.2, -0.15) is 0 Å². The molecule has 2 aromatic rings. The summed E-state index contributed by atoms with van der Waals surface area (Å²) in [4.78, 5) is 7.94. The number of pyridine rings is 1. The van der Waals surface area contributed by atoms with Crippen molar-refractivity contribution >= 4 is 11.3 Å². The molecule has 0 bridgehead atoms. The summed E-state index contributed by atoms with van der Waals surface area (Å²) in [6.45, 7) is 0. The van der Waals surface area contributed by atoms with E-state index in [1.807, 2.05) is 5.38 Å². The summed E-state index contributed by atoms with van der Waals surface area (Å²) in [6, 6.07) is 3.00. The molecule has 0 aliphatic rings. The first-order chi connectivity index (χ1) is 5.86.